The molecule has 0 unspecified atom stereocenters. The third kappa shape index (κ3) is 8.11. The summed E-state index contributed by atoms with van der Waals surface area (Å²) < 4.78 is 5.60. The Labute approximate surface area is 131 Å². The number of hydrogen-bond acceptors (Lipinski definition) is 2. The van der Waals surface area contributed by atoms with Gasteiger partial charge in [-0.1, -0.05) is 59.1 Å². The van der Waals surface area contributed by atoms with Gasteiger partial charge in [0.05, 0.1) is 6.61 Å². The van der Waals surface area contributed by atoms with Crippen molar-refractivity contribution in [2.24, 2.45) is 5.41 Å². The van der Waals surface area contributed by atoms with E-state index in [0.29, 0.717) is 5.41 Å². The zero-order valence-electron chi connectivity index (χ0n) is 14.4. The lowest BCUT2D eigenvalue weighted by Crippen LogP contribution is -2.29. The molecule has 0 aliphatic rings. The average Bonchev–Trinajstić information content (AvgIpc) is 2.46. The first-order valence-electron chi connectivity index (χ1n) is 8.50. The fourth-order valence-corrected chi connectivity index (χ4v) is 2.41. The lowest BCUT2D eigenvalue weighted by Gasteiger charge is -2.25. The first-order chi connectivity index (χ1) is 10.1. The molecule has 0 aliphatic carbocycles. The minimum absolute atomic E-state index is 0.388. The highest BCUT2D eigenvalue weighted by atomic mass is 16.5. The molecule has 1 aromatic carbocycles. The molecule has 1 rings (SSSR count). The molecule has 1 aromatic rings. The second-order valence-electron chi connectivity index (χ2n) is 6.72. The molecule has 21 heavy (non-hydrogen) atoms. The Hall–Kier alpha value is -1.02. The zero-order chi connectivity index (χ0) is 15.6. The molecule has 0 bridgehead atoms. The van der Waals surface area contributed by atoms with Gasteiger partial charge >= 0.3 is 0 Å². The summed E-state index contributed by atoms with van der Waals surface area (Å²) in [6, 6.07) is 8.45. The van der Waals surface area contributed by atoms with Crippen LogP contribution in [0.1, 0.15) is 65.4 Å². The van der Waals surface area contributed by atoms with E-state index in [4.69, 9.17) is 4.74 Å². The Morgan fingerprint density at radius 1 is 1.00 bits per heavy atom. The monoisotopic (exact) mass is 291 g/mol. The normalized spacial score (nSPS) is 11.6. The van der Waals surface area contributed by atoms with E-state index in [-0.39, 0.29) is 0 Å². The first-order valence-corrected chi connectivity index (χ1v) is 8.50. The van der Waals surface area contributed by atoms with Crippen molar-refractivity contribution in [2.75, 3.05) is 13.2 Å². The van der Waals surface area contributed by atoms with Gasteiger partial charge in [0, 0.05) is 13.1 Å². The van der Waals surface area contributed by atoms with Gasteiger partial charge in [-0.15, -0.1) is 0 Å². The molecule has 0 heterocycles. The predicted octanol–water partition coefficient (Wildman–Crippen LogP) is 5.17. The van der Waals surface area contributed by atoms with Crippen LogP contribution in [0.15, 0.2) is 24.3 Å². The summed E-state index contributed by atoms with van der Waals surface area (Å²) in [6.45, 7) is 11.9. The molecule has 0 aromatic heterocycles. The predicted molar refractivity (Wildman–Crippen MR) is 91.9 cm³/mol. The lowest BCUT2D eigenvalue weighted by atomic mass is 9.87. The molecule has 0 aliphatic heterocycles. The Balaban J connectivity index is 2.28. The number of ether oxygens (including phenoxy) is 1. The molecule has 0 fully saturated rings. The quantitative estimate of drug-likeness (QED) is 0.568. The highest BCUT2D eigenvalue weighted by molar-refractivity contribution is 5.27. The van der Waals surface area contributed by atoms with Gasteiger partial charge in [0.1, 0.15) is 5.75 Å². The van der Waals surface area contributed by atoms with Crippen molar-refractivity contribution in [2.45, 2.75) is 66.3 Å². The molecule has 2 nitrogen and oxygen atoms in total. The Morgan fingerprint density at radius 2 is 1.71 bits per heavy atom. The summed E-state index contributed by atoms with van der Waals surface area (Å²) in [7, 11) is 0. The lowest BCUT2D eigenvalue weighted by molar-refractivity contribution is 0.301. The largest absolute Gasteiger partial charge is 0.494 e. The fraction of sp³-hybridized carbons (Fsp3) is 0.684. The van der Waals surface area contributed by atoms with Crippen LogP contribution in [0.5, 0.6) is 5.75 Å². The standard InChI is InChI=1S/C19H33NO/c1-5-7-8-13-19(3,4)16-20-15-17-9-11-18(12-10-17)21-14-6-2/h9-12,20H,5-8,13-16H2,1-4H3. The van der Waals surface area contributed by atoms with E-state index in [1.54, 1.807) is 0 Å². The van der Waals surface area contributed by atoms with Gasteiger partial charge in [0.2, 0.25) is 0 Å². The van der Waals surface area contributed by atoms with Crippen LogP contribution in [0.2, 0.25) is 0 Å². The van der Waals surface area contributed by atoms with Crippen LogP contribution in [0.3, 0.4) is 0 Å². The molecule has 0 saturated carbocycles. The molecule has 120 valence electrons. The maximum atomic E-state index is 5.60. The van der Waals surface area contributed by atoms with Crippen molar-refractivity contribution in [3.63, 3.8) is 0 Å². The summed E-state index contributed by atoms with van der Waals surface area (Å²) in [4.78, 5) is 0. The number of unbranched alkanes of at least 4 members (excludes halogenated alkanes) is 2. The zero-order valence-corrected chi connectivity index (χ0v) is 14.4. The van der Waals surface area contributed by atoms with Gasteiger partial charge in [-0.05, 0) is 36.0 Å². The summed E-state index contributed by atoms with van der Waals surface area (Å²) in [6.07, 6.45) is 6.35. The van der Waals surface area contributed by atoms with Gasteiger partial charge in [-0.3, -0.25) is 0 Å². The third-order valence-corrected chi connectivity index (χ3v) is 3.79. The maximum Gasteiger partial charge on any atom is 0.119 e. The highest BCUT2D eigenvalue weighted by Gasteiger charge is 2.16. The molecule has 0 radical (unpaired) electrons. The Kier molecular flexibility index (Phi) is 8.44. The number of nitrogens with one attached hydrogen (secondary N) is 1. The van der Waals surface area contributed by atoms with Crippen LogP contribution in [0, 0.1) is 5.41 Å². The van der Waals surface area contributed by atoms with Crippen molar-refractivity contribution in [3.8, 4) is 5.75 Å². The van der Waals surface area contributed by atoms with Crippen LogP contribution in [0.25, 0.3) is 0 Å². The molecular weight excluding hydrogens is 258 g/mol. The summed E-state index contributed by atoms with van der Waals surface area (Å²) >= 11 is 0. The van der Waals surface area contributed by atoms with Crippen molar-refractivity contribution in [3.05, 3.63) is 29.8 Å². The van der Waals surface area contributed by atoms with E-state index in [1.807, 2.05) is 0 Å². The van der Waals surface area contributed by atoms with E-state index < -0.39 is 0 Å². The van der Waals surface area contributed by atoms with Crippen molar-refractivity contribution in [1.82, 2.24) is 5.32 Å². The molecule has 0 spiro atoms. The molecular formula is C19H33NO. The fourth-order valence-electron chi connectivity index (χ4n) is 2.41. The van der Waals surface area contributed by atoms with Crippen LogP contribution in [-0.2, 0) is 6.54 Å². The molecule has 0 atom stereocenters. The molecule has 0 amide bonds. The third-order valence-electron chi connectivity index (χ3n) is 3.79. The van der Waals surface area contributed by atoms with Crippen LogP contribution < -0.4 is 10.1 Å². The van der Waals surface area contributed by atoms with Gasteiger partial charge in [0.25, 0.3) is 0 Å². The minimum Gasteiger partial charge on any atom is -0.494 e. The van der Waals surface area contributed by atoms with E-state index in [9.17, 15) is 0 Å². The number of rotatable bonds is 11. The summed E-state index contributed by atoms with van der Waals surface area (Å²) in [5, 5.41) is 3.59. The smallest absolute Gasteiger partial charge is 0.119 e. The number of benzene rings is 1. The van der Waals surface area contributed by atoms with Crippen molar-refractivity contribution in [1.29, 1.82) is 0 Å². The Morgan fingerprint density at radius 3 is 2.33 bits per heavy atom. The van der Waals surface area contributed by atoms with Crippen molar-refractivity contribution >= 4 is 0 Å². The first kappa shape index (κ1) is 18.0. The maximum absolute atomic E-state index is 5.60. The van der Waals surface area contributed by atoms with E-state index in [2.05, 4.69) is 57.3 Å². The van der Waals surface area contributed by atoms with Crippen LogP contribution in [0.4, 0.5) is 0 Å². The molecule has 2 heteroatoms. The van der Waals surface area contributed by atoms with Gasteiger partial charge < -0.3 is 10.1 Å². The van der Waals surface area contributed by atoms with Gasteiger partial charge in [0.15, 0.2) is 0 Å². The Bertz CT molecular complexity index is 370. The van der Waals surface area contributed by atoms with Crippen LogP contribution in [-0.4, -0.2) is 13.2 Å². The molecule has 1 N–H and O–H groups in total. The second kappa shape index (κ2) is 9.83. The topological polar surface area (TPSA) is 21.3 Å². The SMILES string of the molecule is CCCCCC(C)(C)CNCc1ccc(OCCC)cc1. The summed E-state index contributed by atoms with van der Waals surface area (Å²) in [5.41, 5.74) is 1.71. The average molecular weight is 291 g/mol. The van der Waals surface area contributed by atoms with Gasteiger partial charge in [-0.2, -0.15) is 0 Å². The second-order valence-corrected chi connectivity index (χ2v) is 6.72. The van der Waals surface area contributed by atoms with Crippen molar-refractivity contribution < 1.29 is 4.74 Å². The van der Waals surface area contributed by atoms with E-state index in [0.717, 1.165) is 31.9 Å². The summed E-state index contributed by atoms with van der Waals surface area (Å²) in [5.74, 6) is 0.973. The molecule has 0 saturated heterocycles. The minimum atomic E-state index is 0.388. The van der Waals surface area contributed by atoms with E-state index in [1.165, 1.54) is 31.2 Å². The highest BCUT2D eigenvalue weighted by Crippen LogP contribution is 2.22. The number of hydrogen-bond donors (Lipinski definition) is 1. The van der Waals surface area contributed by atoms with E-state index >= 15 is 0 Å². The van der Waals surface area contributed by atoms with Crippen LogP contribution >= 0.6 is 0 Å². The van der Waals surface area contributed by atoms with Gasteiger partial charge in [-0.25, -0.2) is 0 Å².